The number of amides is 3. The molecule has 1 aromatic rings. The largest absolute Gasteiger partial charge is 0.493 e. The zero-order valence-corrected chi connectivity index (χ0v) is 23.1. The fourth-order valence-corrected chi connectivity index (χ4v) is 3.79. The standard InChI is InChI=1S/C27H46N4O6/c1-18(2)20(15-22(28)23(33)17-30-26(35)27(4,5)31-19(3)32)16-29-25(34)21-11-7-8-12-24(21)37-14-10-9-13-36-6/h7-8,11-12,18,20,22-23,33H,9-10,13-17,28H2,1-6H3,(H,29,34)(H,30,35)(H,31,32). The molecular weight excluding hydrogens is 476 g/mol. The Bertz CT molecular complexity index is 861. The van der Waals surface area contributed by atoms with Gasteiger partial charge in [0.05, 0.1) is 18.3 Å². The van der Waals surface area contributed by atoms with E-state index in [1.807, 2.05) is 19.9 Å². The normalized spacial score (nSPS) is 14.0. The molecule has 0 aliphatic carbocycles. The quantitative estimate of drug-likeness (QED) is 0.195. The molecule has 3 atom stereocenters. The Morgan fingerprint density at radius 2 is 1.70 bits per heavy atom. The summed E-state index contributed by atoms with van der Waals surface area (Å²) in [5.41, 5.74) is 5.61. The molecule has 0 aliphatic rings. The number of ether oxygens (including phenoxy) is 2. The average Bonchev–Trinajstić information content (AvgIpc) is 2.83. The first-order valence-electron chi connectivity index (χ1n) is 12.9. The van der Waals surface area contributed by atoms with Gasteiger partial charge in [0.15, 0.2) is 0 Å². The highest BCUT2D eigenvalue weighted by Crippen LogP contribution is 2.20. The molecule has 0 bridgehead atoms. The van der Waals surface area contributed by atoms with Crippen molar-refractivity contribution in [1.82, 2.24) is 16.0 Å². The van der Waals surface area contributed by atoms with E-state index >= 15 is 0 Å². The van der Waals surface area contributed by atoms with Crippen LogP contribution in [0.25, 0.3) is 0 Å². The lowest BCUT2D eigenvalue weighted by Crippen LogP contribution is -2.56. The lowest BCUT2D eigenvalue weighted by atomic mass is 9.87. The third-order valence-corrected chi connectivity index (χ3v) is 6.20. The lowest BCUT2D eigenvalue weighted by molar-refractivity contribution is -0.131. The van der Waals surface area contributed by atoms with Gasteiger partial charge in [-0.1, -0.05) is 26.0 Å². The van der Waals surface area contributed by atoms with Crippen LogP contribution >= 0.6 is 0 Å². The van der Waals surface area contributed by atoms with Gasteiger partial charge in [-0.2, -0.15) is 0 Å². The third kappa shape index (κ3) is 11.9. The van der Waals surface area contributed by atoms with Gasteiger partial charge in [0.2, 0.25) is 11.8 Å². The molecule has 0 spiro atoms. The third-order valence-electron chi connectivity index (χ3n) is 6.20. The summed E-state index contributed by atoms with van der Waals surface area (Å²) in [6.45, 7) is 10.1. The van der Waals surface area contributed by atoms with Gasteiger partial charge in [0, 0.05) is 39.8 Å². The second-order valence-corrected chi connectivity index (χ2v) is 10.2. The van der Waals surface area contributed by atoms with Crippen LogP contribution in [0.5, 0.6) is 5.75 Å². The topological polar surface area (TPSA) is 152 Å². The van der Waals surface area contributed by atoms with E-state index in [1.54, 1.807) is 39.2 Å². The van der Waals surface area contributed by atoms with E-state index in [0.717, 1.165) is 12.8 Å². The summed E-state index contributed by atoms with van der Waals surface area (Å²) in [6.07, 6.45) is 1.16. The maximum atomic E-state index is 12.9. The fraction of sp³-hybridized carbons (Fsp3) is 0.667. The number of hydrogen-bond donors (Lipinski definition) is 5. The summed E-state index contributed by atoms with van der Waals surface area (Å²) < 4.78 is 10.9. The van der Waals surface area contributed by atoms with Gasteiger partial charge in [-0.25, -0.2) is 0 Å². The Hall–Kier alpha value is -2.69. The summed E-state index contributed by atoms with van der Waals surface area (Å²) in [5, 5.41) is 18.7. The Kier molecular flexibility index (Phi) is 14.2. The van der Waals surface area contributed by atoms with Crippen LogP contribution in [-0.2, 0) is 14.3 Å². The minimum Gasteiger partial charge on any atom is -0.493 e. The Morgan fingerprint density at radius 3 is 2.32 bits per heavy atom. The number of nitrogens with two attached hydrogens (primary N) is 1. The van der Waals surface area contributed by atoms with Crippen molar-refractivity contribution in [3.63, 3.8) is 0 Å². The van der Waals surface area contributed by atoms with Crippen LogP contribution in [-0.4, -0.2) is 73.9 Å². The van der Waals surface area contributed by atoms with Crippen molar-refractivity contribution in [2.75, 3.05) is 33.4 Å². The van der Waals surface area contributed by atoms with Crippen molar-refractivity contribution in [2.24, 2.45) is 17.6 Å². The number of hydrogen-bond acceptors (Lipinski definition) is 7. The van der Waals surface area contributed by atoms with Crippen LogP contribution in [0.15, 0.2) is 24.3 Å². The molecule has 10 heteroatoms. The fourth-order valence-electron chi connectivity index (χ4n) is 3.79. The van der Waals surface area contributed by atoms with Crippen LogP contribution in [0, 0.1) is 11.8 Å². The van der Waals surface area contributed by atoms with Crippen molar-refractivity contribution in [1.29, 1.82) is 0 Å². The first-order chi connectivity index (χ1) is 17.4. The highest BCUT2D eigenvalue weighted by molar-refractivity contribution is 5.96. The zero-order valence-electron chi connectivity index (χ0n) is 23.1. The number of rotatable bonds is 17. The Morgan fingerprint density at radius 1 is 1.05 bits per heavy atom. The smallest absolute Gasteiger partial charge is 0.255 e. The summed E-state index contributed by atoms with van der Waals surface area (Å²) >= 11 is 0. The monoisotopic (exact) mass is 522 g/mol. The van der Waals surface area contributed by atoms with Crippen molar-refractivity contribution in [3.8, 4) is 5.75 Å². The number of nitrogens with one attached hydrogen (secondary N) is 3. The van der Waals surface area contributed by atoms with E-state index in [9.17, 15) is 19.5 Å². The predicted octanol–water partition coefficient (Wildman–Crippen LogP) is 1.60. The van der Waals surface area contributed by atoms with E-state index in [2.05, 4.69) is 16.0 Å². The van der Waals surface area contributed by atoms with Crippen molar-refractivity contribution < 1.29 is 29.0 Å². The maximum absolute atomic E-state index is 12.9. The highest BCUT2D eigenvalue weighted by Gasteiger charge is 2.30. The van der Waals surface area contributed by atoms with Crippen LogP contribution in [0.1, 0.15) is 64.2 Å². The number of carbonyl (C=O) groups is 3. The van der Waals surface area contributed by atoms with E-state index < -0.39 is 23.6 Å². The van der Waals surface area contributed by atoms with Gasteiger partial charge in [-0.15, -0.1) is 0 Å². The summed E-state index contributed by atoms with van der Waals surface area (Å²) in [4.78, 5) is 36.6. The van der Waals surface area contributed by atoms with E-state index in [-0.39, 0.29) is 30.2 Å². The predicted molar refractivity (Wildman–Crippen MR) is 143 cm³/mol. The number of aliphatic hydroxyl groups is 1. The first kappa shape index (κ1) is 32.3. The molecule has 3 unspecified atom stereocenters. The number of aliphatic hydroxyl groups excluding tert-OH is 1. The number of carbonyl (C=O) groups excluding carboxylic acids is 3. The molecule has 1 rings (SSSR count). The van der Waals surface area contributed by atoms with Gasteiger partial charge >= 0.3 is 0 Å². The van der Waals surface area contributed by atoms with Gasteiger partial charge in [0.1, 0.15) is 11.3 Å². The molecule has 10 nitrogen and oxygen atoms in total. The van der Waals surface area contributed by atoms with Crippen LogP contribution in [0.2, 0.25) is 0 Å². The van der Waals surface area contributed by atoms with Crippen molar-refractivity contribution in [3.05, 3.63) is 29.8 Å². The second-order valence-electron chi connectivity index (χ2n) is 10.2. The Labute approximate surface area is 221 Å². The molecule has 0 saturated heterocycles. The number of unbranched alkanes of at least 4 members (excludes halogenated alkanes) is 1. The van der Waals surface area contributed by atoms with Crippen molar-refractivity contribution >= 4 is 17.7 Å². The van der Waals surface area contributed by atoms with Gasteiger partial charge in [-0.3, -0.25) is 14.4 Å². The number of para-hydroxylation sites is 1. The highest BCUT2D eigenvalue weighted by atomic mass is 16.5. The minimum atomic E-state index is -1.11. The molecule has 0 fully saturated rings. The van der Waals surface area contributed by atoms with Gasteiger partial charge < -0.3 is 36.3 Å². The minimum absolute atomic E-state index is 0.00208. The molecule has 3 amide bonds. The molecule has 6 N–H and O–H groups in total. The zero-order chi connectivity index (χ0) is 28.0. The van der Waals surface area contributed by atoms with Gasteiger partial charge in [-0.05, 0) is 57.1 Å². The SMILES string of the molecule is COCCCCOc1ccccc1C(=O)NCC(CC(N)C(O)CNC(=O)C(C)(C)NC(C)=O)C(C)C. The summed E-state index contributed by atoms with van der Waals surface area (Å²) in [6, 6.07) is 6.51. The molecule has 0 aliphatic heterocycles. The van der Waals surface area contributed by atoms with Crippen LogP contribution in [0.3, 0.4) is 0 Å². The lowest BCUT2D eigenvalue weighted by Gasteiger charge is -2.29. The molecule has 210 valence electrons. The molecular formula is C27H46N4O6. The molecule has 0 heterocycles. The number of methoxy groups -OCH3 is 1. The molecule has 0 aromatic heterocycles. The first-order valence-corrected chi connectivity index (χ1v) is 12.9. The van der Waals surface area contributed by atoms with E-state index in [4.69, 9.17) is 15.2 Å². The molecule has 37 heavy (non-hydrogen) atoms. The Balaban J connectivity index is 2.64. The van der Waals surface area contributed by atoms with Crippen molar-refractivity contribution in [2.45, 2.75) is 71.6 Å². The second kappa shape index (κ2) is 16.2. The molecule has 0 radical (unpaired) electrons. The van der Waals surface area contributed by atoms with Crippen LogP contribution < -0.4 is 26.4 Å². The molecule has 0 saturated carbocycles. The average molecular weight is 523 g/mol. The van der Waals surface area contributed by atoms with E-state index in [0.29, 0.717) is 37.5 Å². The summed E-state index contributed by atoms with van der Waals surface area (Å²) in [7, 11) is 1.66. The maximum Gasteiger partial charge on any atom is 0.255 e. The van der Waals surface area contributed by atoms with Gasteiger partial charge in [0.25, 0.3) is 5.91 Å². The summed E-state index contributed by atoms with van der Waals surface area (Å²) in [5.74, 6) is -0.249. The number of benzene rings is 1. The van der Waals surface area contributed by atoms with Crippen LogP contribution in [0.4, 0.5) is 0 Å². The molecule has 1 aromatic carbocycles. The van der Waals surface area contributed by atoms with E-state index in [1.165, 1.54) is 6.92 Å².